The summed E-state index contributed by atoms with van der Waals surface area (Å²) in [4.78, 5) is 39.7. The molecule has 1 aromatic carbocycles. The zero-order chi connectivity index (χ0) is 22.6. The molecule has 1 atom stereocenters. The average molecular weight is 430 g/mol. The predicted molar refractivity (Wildman–Crippen MR) is 112 cm³/mol. The Hall–Kier alpha value is -3.33. The monoisotopic (exact) mass is 430 g/mol. The van der Waals surface area contributed by atoms with Gasteiger partial charge in [-0.05, 0) is 42.8 Å². The lowest BCUT2D eigenvalue weighted by molar-refractivity contribution is -0.154. The number of carbonyl (C=O) groups excluding carboxylic acids is 3. The van der Waals surface area contributed by atoms with Crippen LogP contribution in [0.25, 0.3) is 11.3 Å². The molecule has 3 N–H and O–H groups in total. The Morgan fingerprint density at radius 3 is 2.58 bits per heavy atom. The summed E-state index contributed by atoms with van der Waals surface area (Å²) in [5.41, 5.74) is 1.34. The molecule has 1 aromatic heterocycles. The van der Waals surface area contributed by atoms with E-state index in [1.807, 2.05) is 6.92 Å². The number of unbranched alkanes of at least 4 members (excludes halogenated alkanes) is 2. The highest BCUT2D eigenvalue weighted by Crippen LogP contribution is 2.17. The molecule has 0 aliphatic rings. The van der Waals surface area contributed by atoms with Gasteiger partial charge in [0.2, 0.25) is 12.3 Å². The first-order valence-corrected chi connectivity index (χ1v) is 10.1. The molecule has 0 bridgehead atoms. The molecule has 2 aromatic rings. The van der Waals surface area contributed by atoms with Gasteiger partial charge in [0.1, 0.15) is 11.5 Å². The van der Waals surface area contributed by atoms with E-state index in [4.69, 9.17) is 0 Å². The number of hydrogen-bond donors (Lipinski definition) is 3. The molecule has 0 unspecified atom stereocenters. The van der Waals surface area contributed by atoms with Gasteiger partial charge in [-0.1, -0.05) is 32.3 Å². The van der Waals surface area contributed by atoms with Crippen LogP contribution in [0.5, 0.6) is 0 Å². The van der Waals surface area contributed by atoms with Crippen LogP contribution in [0.2, 0.25) is 0 Å². The topological polar surface area (TPSA) is 112 Å². The first-order chi connectivity index (χ1) is 14.9. The number of hydrogen-bond acceptors (Lipinski definition) is 5. The summed E-state index contributed by atoms with van der Waals surface area (Å²) in [6.07, 6.45) is 3.46. The standard InChI is InChI=1S/C22H27FN4O4/c1-2-3-4-6-17(13-27(31)15-28)21(29)24-14-25-22(30)20-8-5-7-19(26-20)16-9-11-18(23)12-10-16/h5,7-12,15,17,31H,2-4,6,13-14H2,1H3,(H,24,29)(H,25,30)/t17-/m1/s1. The van der Waals surface area contributed by atoms with Gasteiger partial charge in [-0.3, -0.25) is 19.6 Å². The minimum atomic E-state index is -0.585. The van der Waals surface area contributed by atoms with E-state index < -0.39 is 11.8 Å². The molecule has 0 fully saturated rings. The Kier molecular flexibility index (Phi) is 9.57. The number of amides is 3. The lowest BCUT2D eigenvalue weighted by Crippen LogP contribution is -2.43. The molecule has 0 radical (unpaired) electrons. The summed E-state index contributed by atoms with van der Waals surface area (Å²) >= 11 is 0. The molecule has 0 saturated heterocycles. The number of aromatic nitrogens is 1. The van der Waals surface area contributed by atoms with Crippen molar-refractivity contribution < 1.29 is 24.0 Å². The molecule has 9 heteroatoms. The largest absolute Gasteiger partial charge is 0.338 e. The van der Waals surface area contributed by atoms with E-state index in [1.54, 1.807) is 24.3 Å². The van der Waals surface area contributed by atoms with Crippen LogP contribution < -0.4 is 10.6 Å². The molecule has 8 nitrogen and oxygen atoms in total. The summed E-state index contributed by atoms with van der Waals surface area (Å²) in [5.74, 6) is -1.80. The van der Waals surface area contributed by atoms with Crippen LogP contribution in [0, 0.1) is 11.7 Å². The summed E-state index contributed by atoms with van der Waals surface area (Å²) in [6.45, 7) is 1.79. The smallest absolute Gasteiger partial charge is 0.271 e. The fraction of sp³-hybridized carbons (Fsp3) is 0.364. The highest BCUT2D eigenvalue weighted by Gasteiger charge is 2.20. The number of nitrogens with one attached hydrogen (secondary N) is 2. The minimum Gasteiger partial charge on any atom is -0.338 e. The molecule has 0 spiro atoms. The maximum atomic E-state index is 13.1. The maximum absolute atomic E-state index is 13.1. The second kappa shape index (κ2) is 12.4. The number of nitrogens with zero attached hydrogens (tertiary/aromatic N) is 2. The molecular weight excluding hydrogens is 403 g/mol. The lowest BCUT2D eigenvalue weighted by atomic mass is 10.0. The van der Waals surface area contributed by atoms with E-state index in [1.165, 1.54) is 18.2 Å². The van der Waals surface area contributed by atoms with Crippen molar-refractivity contribution in [3.05, 3.63) is 54.0 Å². The van der Waals surface area contributed by atoms with E-state index in [0.717, 1.165) is 19.3 Å². The Morgan fingerprint density at radius 2 is 1.90 bits per heavy atom. The molecular formula is C22H27FN4O4. The highest BCUT2D eigenvalue weighted by molar-refractivity contribution is 5.93. The molecule has 0 saturated carbocycles. The van der Waals surface area contributed by atoms with E-state index >= 15 is 0 Å². The molecule has 1 heterocycles. The second-order valence-electron chi connectivity index (χ2n) is 7.06. The third kappa shape index (κ3) is 7.78. The first kappa shape index (κ1) is 23.9. The Balaban J connectivity index is 1.92. The van der Waals surface area contributed by atoms with Crippen molar-refractivity contribution in [3.8, 4) is 11.3 Å². The van der Waals surface area contributed by atoms with Gasteiger partial charge in [0.15, 0.2) is 0 Å². The molecule has 0 aliphatic carbocycles. The van der Waals surface area contributed by atoms with Crippen LogP contribution in [0.15, 0.2) is 42.5 Å². The van der Waals surface area contributed by atoms with Gasteiger partial charge in [-0.25, -0.2) is 14.4 Å². The van der Waals surface area contributed by atoms with Crippen molar-refractivity contribution in [2.24, 2.45) is 5.92 Å². The zero-order valence-electron chi connectivity index (χ0n) is 17.4. The van der Waals surface area contributed by atoms with E-state index in [-0.39, 0.29) is 37.0 Å². The van der Waals surface area contributed by atoms with Crippen LogP contribution in [0.3, 0.4) is 0 Å². The molecule has 166 valence electrons. The van der Waals surface area contributed by atoms with Gasteiger partial charge < -0.3 is 10.6 Å². The van der Waals surface area contributed by atoms with Crippen molar-refractivity contribution >= 4 is 18.2 Å². The minimum absolute atomic E-state index is 0.117. The van der Waals surface area contributed by atoms with E-state index in [2.05, 4.69) is 15.6 Å². The molecule has 31 heavy (non-hydrogen) atoms. The van der Waals surface area contributed by atoms with E-state index in [9.17, 15) is 24.0 Å². The third-order valence-corrected chi connectivity index (χ3v) is 4.69. The zero-order valence-corrected chi connectivity index (χ0v) is 17.4. The third-order valence-electron chi connectivity index (χ3n) is 4.69. The normalized spacial score (nSPS) is 11.5. The van der Waals surface area contributed by atoms with Crippen LogP contribution in [0.1, 0.15) is 43.1 Å². The van der Waals surface area contributed by atoms with Crippen molar-refractivity contribution in [2.75, 3.05) is 13.2 Å². The lowest BCUT2D eigenvalue weighted by Gasteiger charge is -2.19. The van der Waals surface area contributed by atoms with Gasteiger partial charge in [0.25, 0.3) is 5.91 Å². The van der Waals surface area contributed by atoms with Crippen molar-refractivity contribution in [3.63, 3.8) is 0 Å². The quantitative estimate of drug-likeness (QED) is 0.158. The van der Waals surface area contributed by atoms with Crippen molar-refractivity contribution in [2.45, 2.75) is 32.6 Å². The van der Waals surface area contributed by atoms with Gasteiger partial charge in [0.05, 0.1) is 24.8 Å². The number of hydroxylamine groups is 2. The van der Waals surface area contributed by atoms with E-state index in [0.29, 0.717) is 22.7 Å². The summed E-state index contributed by atoms with van der Waals surface area (Å²) in [6, 6.07) is 10.7. The summed E-state index contributed by atoms with van der Waals surface area (Å²) in [5, 5.41) is 15.0. The van der Waals surface area contributed by atoms with Crippen LogP contribution >= 0.6 is 0 Å². The molecule has 0 aliphatic heterocycles. The van der Waals surface area contributed by atoms with Gasteiger partial charge in [0, 0.05) is 5.56 Å². The Bertz CT molecular complexity index is 876. The second-order valence-corrected chi connectivity index (χ2v) is 7.06. The fourth-order valence-corrected chi connectivity index (χ4v) is 3.00. The number of pyridine rings is 1. The first-order valence-electron chi connectivity index (χ1n) is 10.1. The summed E-state index contributed by atoms with van der Waals surface area (Å²) in [7, 11) is 0. The van der Waals surface area contributed by atoms with Crippen LogP contribution in [0.4, 0.5) is 4.39 Å². The fourth-order valence-electron chi connectivity index (χ4n) is 3.00. The number of carbonyl (C=O) groups is 3. The summed E-state index contributed by atoms with van der Waals surface area (Å²) < 4.78 is 13.1. The Labute approximate surface area is 180 Å². The molecule has 3 amide bonds. The number of rotatable bonds is 12. The number of halogens is 1. The SMILES string of the molecule is CCCCC[C@H](CN(O)C=O)C(=O)NCNC(=O)c1cccc(-c2ccc(F)cc2)n1. The van der Waals surface area contributed by atoms with Crippen LogP contribution in [-0.4, -0.2) is 46.7 Å². The van der Waals surface area contributed by atoms with Crippen molar-refractivity contribution in [1.82, 2.24) is 20.7 Å². The molecule has 2 rings (SSSR count). The average Bonchev–Trinajstić information content (AvgIpc) is 2.78. The van der Waals surface area contributed by atoms with Crippen molar-refractivity contribution in [1.29, 1.82) is 0 Å². The number of benzene rings is 1. The van der Waals surface area contributed by atoms with Crippen LogP contribution in [-0.2, 0) is 9.59 Å². The highest BCUT2D eigenvalue weighted by atomic mass is 19.1. The maximum Gasteiger partial charge on any atom is 0.271 e. The van der Waals surface area contributed by atoms with Gasteiger partial charge >= 0.3 is 0 Å². The van der Waals surface area contributed by atoms with Gasteiger partial charge in [-0.15, -0.1) is 0 Å². The Morgan fingerprint density at radius 1 is 1.16 bits per heavy atom. The predicted octanol–water partition coefficient (Wildman–Crippen LogP) is 2.74. The van der Waals surface area contributed by atoms with Gasteiger partial charge in [-0.2, -0.15) is 0 Å².